The van der Waals surface area contributed by atoms with Crippen molar-refractivity contribution in [2.24, 2.45) is 4.99 Å². The SMILES string of the molecule is CN=C(NCCS(=O)(=O)NCC1CCCCO1)N(C)Cc1cccc(F)c1.I. The van der Waals surface area contributed by atoms with Crippen molar-refractivity contribution in [2.45, 2.75) is 31.9 Å². The molecule has 10 heteroatoms. The van der Waals surface area contributed by atoms with E-state index in [0.717, 1.165) is 24.8 Å². The van der Waals surface area contributed by atoms with E-state index in [0.29, 0.717) is 25.7 Å². The monoisotopic (exact) mass is 528 g/mol. The van der Waals surface area contributed by atoms with Crippen LogP contribution in [0.15, 0.2) is 29.3 Å². The highest BCUT2D eigenvalue weighted by Crippen LogP contribution is 2.11. The molecule has 28 heavy (non-hydrogen) atoms. The third-order valence-electron chi connectivity index (χ3n) is 4.34. The molecule has 160 valence electrons. The van der Waals surface area contributed by atoms with Crippen LogP contribution in [0.1, 0.15) is 24.8 Å². The van der Waals surface area contributed by atoms with Crippen LogP contribution < -0.4 is 10.0 Å². The van der Waals surface area contributed by atoms with Crippen LogP contribution in [-0.4, -0.2) is 64.9 Å². The zero-order valence-corrected chi connectivity index (χ0v) is 19.5. The lowest BCUT2D eigenvalue weighted by molar-refractivity contribution is 0.0200. The second-order valence-corrected chi connectivity index (χ2v) is 8.54. The first kappa shape index (κ1) is 25.1. The molecule has 1 atom stereocenters. The van der Waals surface area contributed by atoms with E-state index in [1.165, 1.54) is 12.1 Å². The Kier molecular flexibility index (Phi) is 11.2. The highest BCUT2D eigenvalue weighted by Gasteiger charge is 2.18. The standard InChI is InChI=1S/C18H29FN4O3S.HI/c1-20-18(23(2)14-15-6-5-7-16(19)12-15)21-9-11-27(24,25)22-13-17-8-3-4-10-26-17;/h5-7,12,17,22H,3-4,8-11,13-14H2,1-2H3,(H,20,21);1H. The Morgan fingerprint density at radius 2 is 2.18 bits per heavy atom. The van der Waals surface area contributed by atoms with Crippen molar-refractivity contribution in [3.63, 3.8) is 0 Å². The Morgan fingerprint density at radius 3 is 2.82 bits per heavy atom. The molecule has 0 saturated carbocycles. The zero-order chi connectivity index (χ0) is 19.7. The van der Waals surface area contributed by atoms with Gasteiger partial charge in [0.2, 0.25) is 10.0 Å². The summed E-state index contributed by atoms with van der Waals surface area (Å²) in [7, 11) is 0.0448. The van der Waals surface area contributed by atoms with Crippen LogP contribution in [0.4, 0.5) is 4.39 Å². The molecule has 0 bridgehead atoms. The summed E-state index contributed by atoms with van der Waals surface area (Å²) in [5.41, 5.74) is 0.808. The second kappa shape index (κ2) is 12.6. The minimum absolute atomic E-state index is 0. The highest BCUT2D eigenvalue weighted by molar-refractivity contribution is 14.0. The lowest BCUT2D eigenvalue weighted by atomic mass is 10.1. The van der Waals surface area contributed by atoms with Crippen LogP contribution in [0.25, 0.3) is 0 Å². The van der Waals surface area contributed by atoms with Gasteiger partial charge in [0.05, 0.1) is 11.9 Å². The molecule has 1 aliphatic heterocycles. The van der Waals surface area contributed by atoms with Gasteiger partial charge in [-0.25, -0.2) is 17.5 Å². The summed E-state index contributed by atoms with van der Waals surface area (Å²) in [6, 6.07) is 6.34. The summed E-state index contributed by atoms with van der Waals surface area (Å²) in [4.78, 5) is 5.96. The number of hydrogen-bond acceptors (Lipinski definition) is 4. The third-order valence-corrected chi connectivity index (χ3v) is 5.69. The van der Waals surface area contributed by atoms with Gasteiger partial charge >= 0.3 is 0 Å². The van der Waals surface area contributed by atoms with Gasteiger partial charge in [-0.2, -0.15) is 0 Å². The van der Waals surface area contributed by atoms with Gasteiger partial charge in [-0.3, -0.25) is 4.99 Å². The largest absolute Gasteiger partial charge is 0.377 e. The van der Waals surface area contributed by atoms with Crippen LogP contribution in [0.3, 0.4) is 0 Å². The topological polar surface area (TPSA) is 83.0 Å². The molecule has 1 aliphatic rings. The molecule has 1 aromatic carbocycles. The third kappa shape index (κ3) is 9.01. The molecule has 2 N–H and O–H groups in total. The first-order valence-corrected chi connectivity index (χ1v) is 10.8. The maximum Gasteiger partial charge on any atom is 0.213 e. The smallest absolute Gasteiger partial charge is 0.213 e. The molecule has 1 unspecified atom stereocenters. The van der Waals surface area contributed by atoms with Gasteiger partial charge in [-0.1, -0.05) is 12.1 Å². The lowest BCUT2D eigenvalue weighted by Crippen LogP contribution is -2.43. The van der Waals surface area contributed by atoms with E-state index in [2.05, 4.69) is 15.0 Å². The Balaban J connectivity index is 0.00000392. The first-order chi connectivity index (χ1) is 12.9. The Morgan fingerprint density at radius 1 is 1.39 bits per heavy atom. The van der Waals surface area contributed by atoms with Crippen LogP contribution in [0.5, 0.6) is 0 Å². The quantitative estimate of drug-likeness (QED) is 0.306. The van der Waals surface area contributed by atoms with E-state index >= 15 is 0 Å². The highest BCUT2D eigenvalue weighted by atomic mass is 127. The number of nitrogens with zero attached hydrogens (tertiary/aromatic N) is 2. The van der Waals surface area contributed by atoms with Crippen LogP contribution in [0.2, 0.25) is 0 Å². The van der Waals surface area contributed by atoms with E-state index in [1.807, 2.05) is 18.0 Å². The van der Waals surface area contributed by atoms with Gasteiger partial charge in [0.15, 0.2) is 5.96 Å². The molecule has 7 nitrogen and oxygen atoms in total. The fourth-order valence-corrected chi connectivity index (χ4v) is 3.88. The Hall–Kier alpha value is -0.980. The number of nitrogens with one attached hydrogen (secondary N) is 2. The fraction of sp³-hybridized carbons (Fsp3) is 0.611. The predicted octanol–water partition coefficient (Wildman–Crippen LogP) is 1.94. The second-order valence-electron chi connectivity index (χ2n) is 6.62. The van der Waals surface area contributed by atoms with Gasteiger partial charge in [0.1, 0.15) is 5.82 Å². The molecule has 0 radical (unpaired) electrons. The van der Waals surface area contributed by atoms with Gasteiger partial charge in [-0.15, -0.1) is 24.0 Å². The number of aliphatic imine (C=N–C) groups is 1. The summed E-state index contributed by atoms with van der Waals surface area (Å²) in [5.74, 6) is 0.194. The van der Waals surface area contributed by atoms with Gasteiger partial charge < -0.3 is 15.0 Å². The average Bonchev–Trinajstić information content (AvgIpc) is 2.64. The van der Waals surface area contributed by atoms with E-state index in [-0.39, 0.29) is 48.2 Å². The molecule has 2 rings (SSSR count). The lowest BCUT2D eigenvalue weighted by Gasteiger charge is -2.23. The van der Waals surface area contributed by atoms with E-state index < -0.39 is 10.0 Å². The van der Waals surface area contributed by atoms with Crippen molar-refractivity contribution >= 4 is 40.0 Å². The van der Waals surface area contributed by atoms with E-state index in [9.17, 15) is 12.8 Å². The zero-order valence-electron chi connectivity index (χ0n) is 16.4. The average molecular weight is 528 g/mol. The number of ether oxygens (including phenoxy) is 1. The predicted molar refractivity (Wildman–Crippen MR) is 120 cm³/mol. The van der Waals surface area contributed by atoms with Crippen molar-refractivity contribution in [3.05, 3.63) is 35.6 Å². The molecule has 1 saturated heterocycles. The maximum absolute atomic E-state index is 13.3. The molecule has 0 amide bonds. The number of hydrogen-bond donors (Lipinski definition) is 2. The Labute approximate surface area is 184 Å². The molecule has 1 fully saturated rings. The minimum Gasteiger partial charge on any atom is -0.377 e. The minimum atomic E-state index is -3.39. The van der Waals surface area contributed by atoms with Gasteiger partial charge in [0, 0.05) is 40.3 Å². The molecular weight excluding hydrogens is 498 g/mol. The van der Waals surface area contributed by atoms with Crippen LogP contribution in [0, 0.1) is 5.82 Å². The number of guanidine groups is 1. The van der Waals surface area contributed by atoms with Crippen LogP contribution in [-0.2, 0) is 21.3 Å². The Bertz CT molecular complexity index is 727. The fourth-order valence-electron chi connectivity index (χ4n) is 2.93. The maximum atomic E-state index is 13.3. The summed E-state index contributed by atoms with van der Waals surface area (Å²) >= 11 is 0. The van der Waals surface area contributed by atoms with Crippen LogP contribution >= 0.6 is 24.0 Å². The summed E-state index contributed by atoms with van der Waals surface area (Å²) in [5, 5.41) is 3.03. The number of halogens is 2. The summed E-state index contributed by atoms with van der Waals surface area (Å²) in [6.07, 6.45) is 2.96. The van der Waals surface area contributed by atoms with Gasteiger partial charge in [-0.05, 0) is 37.0 Å². The van der Waals surface area contributed by atoms with Gasteiger partial charge in [0.25, 0.3) is 0 Å². The van der Waals surface area contributed by atoms with Crippen molar-refractivity contribution < 1.29 is 17.5 Å². The molecule has 0 aliphatic carbocycles. The summed E-state index contributed by atoms with van der Waals surface area (Å²) < 4.78 is 45.7. The van der Waals surface area contributed by atoms with E-state index in [1.54, 1.807) is 13.1 Å². The van der Waals surface area contributed by atoms with Crippen molar-refractivity contribution in [1.82, 2.24) is 14.9 Å². The molecule has 0 aromatic heterocycles. The molecule has 1 heterocycles. The van der Waals surface area contributed by atoms with Crippen molar-refractivity contribution in [3.8, 4) is 0 Å². The van der Waals surface area contributed by atoms with E-state index in [4.69, 9.17) is 4.74 Å². The summed E-state index contributed by atoms with van der Waals surface area (Å²) in [6.45, 7) is 1.70. The normalized spacial score (nSPS) is 17.7. The number of benzene rings is 1. The molecule has 1 aromatic rings. The van der Waals surface area contributed by atoms with Crippen molar-refractivity contribution in [2.75, 3.05) is 39.5 Å². The number of sulfonamides is 1. The first-order valence-electron chi connectivity index (χ1n) is 9.15. The number of rotatable bonds is 8. The molecule has 0 spiro atoms. The van der Waals surface area contributed by atoms with Crippen molar-refractivity contribution in [1.29, 1.82) is 0 Å². The molecular formula is C18H30FIN4O3S.